The Balaban J connectivity index is 1.73. The zero-order chi connectivity index (χ0) is 19.9. The number of fused-ring (bicyclic) bond motifs is 1. The standard InChI is InChI=1S/C21H25N3OS3/c1-23(2)12-13-24(20(25)11-14-27-16-7-5-4-6-8-16)21-22-18-10-9-17(26-3)15-19(18)28-21/h4-10,15H,11-14H2,1-3H3. The number of anilines is 1. The van der Waals surface area contributed by atoms with Crippen LogP contribution in [0.15, 0.2) is 58.3 Å². The Morgan fingerprint density at radius 1 is 1.07 bits per heavy atom. The molecule has 7 heteroatoms. The molecule has 0 radical (unpaired) electrons. The molecular weight excluding hydrogens is 406 g/mol. The number of likely N-dealkylation sites (N-methyl/N-ethyl adjacent to an activating group) is 1. The lowest BCUT2D eigenvalue weighted by Gasteiger charge is -2.22. The highest BCUT2D eigenvalue weighted by atomic mass is 32.2. The molecule has 0 N–H and O–H groups in total. The molecule has 4 nitrogen and oxygen atoms in total. The molecule has 0 aliphatic heterocycles. The average molecular weight is 432 g/mol. The van der Waals surface area contributed by atoms with Gasteiger partial charge in [-0.1, -0.05) is 29.5 Å². The minimum atomic E-state index is 0.134. The van der Waals surface area contributed by atoms with Gasteiger partial charge in [0.05, 0.1) is 10.2 Å². The lowest BCUT2D eigenvalue weighted by molar-refractivity contribution is -0.118. The van der Waals surface area contributed by atoms with Crippen LogP contribution >= 0.6 is 34.9 Å². The van der Waals surface area contributed by atoms with Crippen molar-refractivity contribution in [3.05, 3.63) is 48.5 Å². The van der Waals surface area contributed by atoms with Gasteiger partial charge >= 0.3 is 0 Å². The zero-order valence-electron chi connectivity index (χ0n) is 16.4. The molecule has 0 aliphatic rings. The van der Waals surface area contributed by atoms with Gasteiger partial charge in [-0.3, -0.25) is 9.69 Å². The highest BCUT2D eigenvalue weighted by Gasteiger charge is 2.20. The lowest BCUT2D eigenvalue weighted by atomic mass is 10.3. The molecule has 28 heavy (non-hydrogen) atoms. The molecule has 2 aromatic carbocycles. The summed E-state index contributed by atoms with van der Waals surface area (Å²) in [5.74, 6) is 0.900. The van der Waals surface area contributed by atoms with Crippen molar-refractivity contribution in [3.8, 4) is 0 Å². The van der Waals surface area contributed by atoms with Crippen molar-refractivity contribution in [1.82, 2.24) is 9.88 Å². The van der Waals surface area contributed by atoms with Crippen molar-refractivity contribution in [1.29, 1.82) is 0 Å². The van der Waals surface area contributed by atoms with E-state index in [1.54, 1.807) is 34.9 Å². The van der Waals surface area contributed by atoms with Crippen LogP contribution in [0.4, 0.5) is 5.13 Å². The highest BCUT2D eigenvalue weighted by Crippen LogP contribution is 2.32. The Labute approximate surface area is 179 Å². The van der Waals surface area contributed by atoms with Gasteiger partial charge in [0.15, 0.2) is 5.13 Å². The minimum Gasteiger partial charge on any atom is -0.308 e. The molecule has 1 amide bonds. The quantitative estimate of drug-likeness (QED) is 0.441. The Hall–Kier alpha value is -1.54. The zero-order valence-corrected chi connectivity index (χ0v) is 18.9. The summed E-state index contributed by atoms with van der Waals surface area (Å²) in [6, 6.07) is 16.5. The largest absolute Gasteiger partial charge is 0.308 e. The van der Waals surface area contributed by atoms with Crippen molar-refractivity contribution in [3.63, 3.8) is 0 Å². The molecule has 0 fully saturated rings. The van der Waals surface area contributed by atoms with Gasteiger partial charge in [0.25, 0.3) is 0 Å². The van der Waals surface area contributed by atoms with Crippen molar-refractivity contribution in [2.45, 2.75) is 16.2 Å². The summed E-state index contributed by atoms with van der Waals surface area (Å²) in [6.07, 6.45) is 2.57. The van der Waals surface area contributed by atoms with E-state index in [2.05, 4.69) is 35.4 Å². The first-order valence-electron chi connectivity index (χ1n) is 9.14. The summed E-state index contributed by atoms with van der Waals surface area (Å²) < 4.78 is 1.13. The third-order valence-corrected chi connectivity index (χ3v) is 7.00. The number of rotatable bonds is 9. The van der Waals surface area contributed by atoms with Crippen molar-refractivity contribution in [2.24, 2.45) is 0 Å². The number of aromatic nitrogens is 1. The summed E-state index contributed by atoms with van der Waals surface area (Å²) in [7, 11) is 4.05. The number of nitrogens with zero attached hydrogens (tertiary/aromatic N) is 3. The second-order valence-corrected chi connectivity index (χ2v) is 9.65. The van der Waals surface area contributed by atoms with E-state index >= 15 is 0 Å². The van der Waals surface area contributed by atoms with Crippen LogP contribution in [0.25, 0.3) is 10.2 Å². The molecule has 0 unspecified atom stereocenters. The topological polar surface area (TPSA) is 36.4 Å². The summed E-state index contributed by atoms with van der Waals surface area (Å²) in [5, 5.41) is 0.796. The molecule has 3 rings (SSSR count). The molecule has 3 aromatic rings. The van der Waals surface area contributed by atoms with Crippen LogP contribution < -0.4 is 4.90 Å². The van der Waals surface area contributed by atoms with E-state index < -0.39 is 0 Å². The number of benzene rings is 2. The fourth-order valence-electron chi connectivity index (χ4n) is 2.67. The van der Waals surface area contributed by atoms with Gasteiger partial charge in [0, 0.05) is 35.1 Å². The number of thiazole rings is 1. The normalized spacial score (nSPS) is 11.3. The van der Waals surface area contributed by atoms with Gasteiger partial charge < -0.3 is 4.90 Å². The van der Waals surface area contributed by atoms with Gasteiger partial charge in [0.1, 0.15) is 0 Å². The van der Waals surface area contributed by atoms with E-state index in [1.807, 2.05) is 43.3 Å². The van der Waals surface area contributed by atoms with Crippen molar-refractivity contribution in [2.75, 3.05) is 44.1 Å². The fourth-order valence-corrected chi connectivity index (χ4v) is 5.09. The van der Waals surface area contributed by atoms with E-state index in [-0.39, 0.29) is 5.91 Å². The first kappa shape index (κ1) is 21.2. The first-order valence-corrected chi connectivity index (χ1v) is 12.2. The van der Waals surface area contributed by atoms with Crippen LogP contribution in [-0.4, -0.2) is 55.0 Å². The van der Waals surface area contributed by atoms with Crippen LogP contribution in [0, 0.1) is 0 Å². The number of thioether (sulfide) groups is 2. The van der Waals surface area contributed by atoms with Gasteiger partial charge in [-0.15, -0.1) is 23.5 Å². The molecule has 0 spiro atoms. The summed E-state index contributed by atoms with van der Waals surface area (Å²) in [6.45, 7) is 1.46. The van der Waals surface area contributed by atoms with Gasteiger partial charge in [-0.25, -0.2) is 4.98 Å². The third kappa shape index (κ3) is 5.73. The van der Waals surface area contributed by atoms with Crippen molar-refractivity contribution >= 4 is 56.1 Å². The number of hydrogen-bond acceptors (Lipinski definition) is 6. The van der Waals surface area contributed by atoms with Gasteiger partial charge in [-0.2, -0.15) is 0 Å². The van der Waals surface area contributed by atoms with Gasteiger partial charge in [0.2, 0.25) is 5.91 Å². The lowest BCUT2D eigenvalue weighted by Crippen LogP contribution is -2.36. The predicted molar refractivity (Wildman–Crippen MR) is 124 cm³/mol. The summed E-state index contributed by atoms with van der Waals surface area (Å²) in [4.78, 5) is 24.1. The van der Waals surface area contributed by atoms with Crippen LogP contribution in [-0.2, 0) is 4.79 Å². The molecule has 1 heterocycles. The van der Waals surface area contributed by atoms with Crippen molar-refractivity contribution < 1.29 is 4.79 Å². The monoisotopic (exact) mass is 431 g/mol. The molecule has 0 aliphatic carbocycles. The maximum atomic E-state index is 13.0. The number of carbonyl (C=O) groups excluding carboxylic acids is 1. The maximum absolute atomic E-state index is 13.0. The van der Waals surface area contributed by atoms with E-state index in [4.69, 9.17) is 4.98 Å². The first-order chi connectivity index (χ1) is 13.6. The summed E-state index contributed by atoms with van der Waals surface area (Å²) in [5.41, 5.74) is 0.958. The number of hydrogen-bond donors (Lipinski definition) is 0. The summed E-state index contributed by atoms with van der Waals surface area (Å²) >= 11 is 5.04. The fraction of sp³-hybridized carbons (Fsp3) is 0.333. The second kappa shape index (κ2) is 10.3. The second-order valence-electron chi connectivity index (χ2n) is 6.59. The molecule has 148 valence electrons. The smallest absolute Gasteiger partial charge is 0.229 e. The van der Waals surface area contributed by atoms with E-state index in [1.165, 1.54) is 9.79 Å². The minimum absolute atomic E-state index is 0.134. The number of carbonyl (C=O) groups is 1. The number of amides is 1. The van der Waals surface area contributed by atoms with Crippen LogP contribution in [0.3, 0.4) is 0 Å². The molecule has 1 aromatic heterocycles. The molecule has 0 atom stereocenters. The van der Waals surface area contributed by atoms with E-state index in [0.29, 0.717) is 13.0 Å². The Morgan fingerprint density at radius 2 is 1.86 bits per heavy atom. The van der Waals surface area contributed by atoms with Crippen LogP contribution in [0.2, 0.25) is 0 Å². The van der Waals surface area contributed by atoms with E-state index in [0.717, 1.165) is 27.6 Å². The SMILES string of the molecule is CSc1ccc2nc(N(CCN(C)C)C(=O)CCSc3ccccc3)sc2c1. The maximum Gasteiger partial charge on any atom is 0.229 e. The highest BCUT2D eigenvalue weighted by molar-refractivity contribution is 7.99. The Kier molecular flexibility index (Phi) is 7.79. The van der Waals surface area contributed by atoms with Gasteiger partial charge in [-0.05, 0) is 50.7 Å². The van der Waals surface area contributed by atoms with Crippen LogP contribution in [0.5, 0.6) is 0 Å². The molecular formula is C21H25N3OS3. The predicted octanol–water partition coefficient (Wildman–Crippen LogP) is 5.10. The molecule has 0 saturated heterocycles. The Bertz CT molecular complexity index is 912. The third-order valence-electron chi connectivity index (χ3n) is 4.21. The van der Waals surface area contributed by atoms with Crippen LogP contribution in [0.1, 0.15) is 6.42 Å². The average Bonchev–Trinajstić information content (AvgIpc) is 3.11. The Morgan fingerprint density at radius 3 is 2.57 bits per heavy atom. The van der Waals surface area contributed by atoms with E-state index in [9.17, 15) is 4.79 Å². The molecule has 0 saturated carbocycles. The molecule has 0 bridgehead atoms.